The second-order valence-electron chi connectivity index (χ2n) is 4.69. The van der Waals surface area contributed by atoms with Crippen molar-refractivity contribution in [3.63, 3.8) is 0 Å². The SMILES string of the molecule is CNC(=O)c1cc(NC(=O)c2cc(Cl)c(I)cc2OC)ccc1F. The van der Waals surface area contributed by atoms with Gasteiger partial charge in [-0.1, -0.05) is 11.6 Å². The molecule has 0 saturated heterocycles. The van der Waals surface area contributed by atoms with E-state index in [1.807, 2.05) is 22.6 Å². The summed E-state index contributed by atoms with van der Waals surface area (Å²) in [4.78, 5) is 24.1. The number of nitrogens with one attached hydrogen (secondary N) is 2. The van der Waals surface area contributed by atoms with E-state index in [4.69, 9.17) is 16.3 Å². The van der Waals surface area contributed by atoms with Gasteiger partial charge in [0.25, 0.3) is 11.8 Å². The van der Waals surface area contributed by atoms with Crippen LogP contribution in [0.15, 0.2) is 30.3 Å². The molecule has 2 N–H and O–H groups in total. The first-order chi connectivity index (χ1) is 11.4. The summed E-state index contributed by atoms with van der Waals surface area (Å²) in [5.41, 5.74) is 0.341. The highest BCUT2D eigenvalue weighted by Gasteiger charge is 2.17. The van der Waals surface area contributed by atoms with Gasteiger partial charge in [0.05, 0.1) is 23.3 Å². The number of ether oxygens (including phenoxy) is 1. The van der Waals surface area contributed by atoms with E-state index in [0.717, 1.165) is 9.64 Å². The zero-order chi connectivity index (χ0) is 17.9. The average Bonchev–Trinajstić information content (AvgIpc) is 2.57. The monoisotopic (exact) mass is 462 g/mol. The van der Waals surface area contributed by atoms with Crippen molar-refractivity contribution >= 4 is 51.7 Å². The average molecular weight is 463 g/mol. The Kier molecular flexibility index (Phi) is 6.00. The van der Waals surface area contributed by atoms with Crippen LogP contribution in [0.4, 0.5) is 10.1 Å². The van der Waals surface area contributed by atoms with Gasteiger partial charge in [-0.25, -0.2) is 4.39 Å². The van der Waals surface area contributed by atoms with Crippen LogP contribution in [0.25, 0.3) is 0 Å². The van der Waals surface area contributed by atoms with Crippen LogP contribution in [-0.4, -0.2) is 26.0 Å². The van der Waals surface area contributed by atoms with Gasteiger partial charge in [0.2, 0.25) is 0 Å². The van der Waals surface area contributed by atoms with Gasteiger partial charge in [-0.05, 0) is 52.9 Å². The van der Waals surface area contributed by atoms with E-state index in [1.165, 1.54) is 32.4 Å². The van der Waals surface area contributed by atoms with Crippen molar-refractivity contribution < 1.29 is 18.7 Å². The number of anilines is 1. The lowest BCUT2D eigenvalue weighted by Gasteiger charge is -2.12. The fraction of sp³-hybridized carbons (Fsp3) is 0.125. The number of rotatable bonds is 4. The summed E-state index contributed by atoms with van der Waals surface area (Å²) >= 11 is 8.08. The summed E-state index contributed by atoms with van der Waals surface area (Å²) in [7, 11) is 2.84. The van der Waals surface area contributed by atoms with Crippen molar-refractivity contribution in [3.8, 4) is 5.75 Å². The lowest BCUT2D eigenvalue weighted by molar-refractivity contribution is 0.0957. The van der Waals surface area contributed by atoms with Crippen LogP contribution in [0.1, 0.15) is 20.7 Å². The van der Waals surface area contributed by atoms with Crippen molar-refractivity contribution in [3.05, 3.63) is 55.9 Å². The van der Waals surface area contributed by atoms with Crippen molar-refractivity contribution in [2.45, 2.75) is 0 Å². The minimum atomic E-state index is -0.678. The summed E-state index contributed by atoms with van der Waals surface area (Å²) in [6.45, 7) is 0. The second kappa shape index (κ2) is 7.80. The van der Waals surface area contributed by atoms with Crippen molar-refractivity contribution in [2.24, 2.45) is 0 Å². The van der Waals surface area contributed by atoms with E-state index in [2.05, 4.69) is 10.6 Å². The van der Waals surface area contributed by atoms with Gasteiger partial charge in [-0.15, -0.1) is 0 Å². The Morgan fingerprint density at radius 3 is 2.50 bits per heavy atom. The number of amides is 2. The molecule has 0 heterocycles. The normalized spacial score (nSPS) is 10.2. The first kappa shape index (κ1) is 18.5. The van der Waals surface area contributed by atoms with Crippen LogP contribution in [0.3, 0.4) is 0 Å². The summed E-state index contributed by atoms with van der Waals surface area (Å²) < 4.78 is 19.6. The minimum Gasteiger partial charge on any atom is -0.496 e. The van der Waals surface area contributed by atoms with E-state index in [9.17, 15) is 14.0 Å². The molecule has 0 saturated carbocycles. The third kappa shape index (κ3) is 3.96. The molecular weight excluding hydrogens is 450 g/mol. The molecule has 0 aliphatic rings. The van der Waals surface area contributed by atoms with Crippen LogP contribution >= 0.6 is 34.2 Å². The first-order valence-electron chi connectivity index (χ1n) is 6.73. The predicted molar refractivity (Wildman–Crippen MR) is 98.5 cm³/mol. The van der Waals surface area contributed by atoms with Crippen LogP contribution in [0.2, 0.25) is 5.02 Å². The molecule has 8 heteroatoms. The van der Waals surface area contributed by atoms with Gasteiger partial charge < -0.3 is 15.4 Å². The fourth-order valence-electron chi connectivity index (χ4n) is 1.99. The first-order valence-corrected chi connectivity index (χ1v) is 8.19. The summed E-state index contributed by atoms with van der Waals surface area (Å²) in [5.74, 6) is -1.39. The van der Waals surface area contributed by atoms with E-state index in [0.29, 0.717) is 10.8 Å². The Bertz CT molecular complexity index is 814. The molecule has 5 nitrogen and oxygen atoms in total. The molecule has 0 aromatic heterocycles. The van der Waals surface area contributed by atoms with Crippen LogP contribution in [0.5, 0.6) is 5.75 Å². The molecule has 2 amide bonds. The van der Waals surface area contributed by atoms with E-state index < -0.39 is 17.6 Å². The molecule has 2 aromatic rings. The maximum Gasteiger partial charge on any atom is 0.259 e. The van der Waals surface area contributed by atoms with E-state index in [-0.39, 0.29) is 16.8 Å². The molecule has 0 aliphatic heterocycles. The molecule has 2 aromatic carbocycles. The molecule has 0 spiro atoms. The maximum atomic E-state index is 13.7. The van der Waals surface area contributed by atoms with Crippen LogP contribution in [-0.2, 0) is 0 Å². The molecule has 24 heavy (non-hydrogen) atoms. The molecule has 0 fully saturated rings. The van der Waals surface area contributed by atoms with Gasteiger partial charge in [0.15, 0.2) is 0 Å². The molecule has 0 radical (unpaired) electrons. The molecule has 126 valence electrons. The molecule has 2 rings (SSSR count). The highest BCUT2D eigenvalue weighted by Crippen LogP contribution is 2.29. The second-order valence-corrected chi connectivity index (χ2v) is 6.26. The van der Waals surface area contributed by atoms with Crippen molar-refractivity contribution in [1.29, 1.82) is 0 Å². The number of benzene rings is 2. The van der Waals surface area contributed by atoms with Gasteiger partial charge in [0.1, 0.15) is 11.6 Å². The molecular formula is C16H13ClFIN2O3. The Labute approximate surface area is 156 Å². The Morgan fingerprint density at radius 2 is 1.88 bits per heavy atom. The number of hydrogen-bond donors (Lipinski definition) is 2. The van der Waals surface area contributed by atoms with Crippen LogP contribution in [0, 0.1) is 9.39 Å². The third-order valence-corrected chi connectivity index (χ3v) is 4.71. The van der Waals surface area contributed by atoms with Gasteiger partial charge in [0, 0.05) is 16.3 Å². The third-order valence-electron chi connectivity index (χ3n) is 3.18. The minimum absolute atomic E-state index is 0.164. The summed E-state index contributed by atoms with van der Waals surface area (Å²) in [5, 5.41) is 5.34. The largest absolute Gasteiger partial charge is 0.496 e. The Hall–Kier alpha value is -1.87. The number of carbonyl (C=O) groups is 2. The van der Waals surface area contributed by atoms with Crippen LogP contribution < -0.4 is 15.4 Å². The zero-order valence-electron chi connectivity index (χ0n) is 12.7. The standard InChI is InChI=1S/C16H13ClFIN2O3/c1-20-15(22)9-5-8(3-4-12(9)18)21-16(23)10-6-11(17)13(19)7-14(10)24-2/h3-7H,1-2H3,(H,20,22)(H,21,23). The lowest BCUT2D eigenvalue weighted by Crippen LogP contribution is -2.20. The summed E-state index contributed by atoms with van der Waals surface area (Å²) in [6.07, 6.45) is 0. The topological polar surface area (TPSA) is 67.4 Å². The highest BCUT2D eigenvalue weighted by atomic mass is 127. The number of hydrogen-bond acceptors (Lipinski definition) is 3. The predicted octanol–water partition coefficient (Wildman–Crippen LogP) is 3.70. The fourth-order valence-corrected chi connectivity index (χ4v) is 2.59. The Morgan fingerprint density at radius 1 is 1.17 bits per heavy atom. The number of methoxy groups -OCH3 is 1. The number of halogens is 3. The lowest BCUT2D eigenvalue weighted by atomic mass is 10.1. The van der Waals surface area contributed by atoms with Gasteiger partial charge in [-0.2, -0.15) is 0 Å². The van der Waals surface area contributed by atoms with Crippen molar-refractivity contribution in [1.82, 2.24) is 5.32 Å². The molecule has 0 bridgehead atoms. The Balaban J connectivity index is 2.34. The van der Waals surface area contributed by atoms with E-state index >= 15 is 0 Å². The van der Waals surface area contributed by atoms with Gasteiger partial charge in [-0.3, -0.25) is 9.59 Å². The molecule has 0 atom stereocenters. The maximum absolute atomic E-state index is 13.7. The molecule has 0 unspecified atom stereocenters. The molecule has 0 aliphatic carbocycles. The smallest absolute Gasteiger partial charge is 0.259 e. The number of carbonyl (C=O) groups excluding carboxylic acids is 2. The van der Waals surface area contributed by atoms with Crippen molar-refractivity contribution in [2.75, 3.05) is 19.5 Å². The quantitative estimate of drug-likeness (QED) is 0.681. The van der Waals surface area contributed by atoms with Gasteiger partial charge >= 0.3 is 0 Å². The highest BCUT2D eigenvalue weighted by molar-refractivity contribution is 14.1. The zero-order valence-corrected chi connectivity index (χ0v) is 15.7. The summed E-state index contributed by atoms with van der Waals surface area (Å²) in [6, 6.07) is 6.85. The van der Waals surface area contributed by atoms with E-state index in [1.54, 1.807) is 6.07 Å².